The summed E-state index contributed by atoms with van der Waals surface area (Å²) in [5.41, 5.74) is 0. The maximum atomic E-state index is 6.74. The van der Waals surface area contributed by atoms with Gasteiger partial charge in [0, 0.05) is 0 Å². The maximum Gasteiger partial charge on any atom is 0.117 e. The summed E-state index contributed by atoms with van der Waals surface area (Å²) in [5, 5.41) is 6.74. The van der Waals surface area contributed by atoms with Crippen molar-refractivity contribution in [2.24, 2.45) is 5.84 Å². The summed E-state index contributed by atoms with van der Waals surface area (Å²) >= 11 is 1.82. The third-order valence-electron chi connectivity index (χ3n) is 0.320. The van der Waals surface area contributed by atoms with E-state index in [0.29, 0.717) is 5.84 Å². The number of nitrogens with zero attached hydrogens (tertiary/aromatic N) is 1. The van der Waals surface area contributed by atoms with Gasteiger partial charge in [-0.2, -0.15) is 0 Å². The molecule has 3 N–H and O–H groups in total. The molecular formula is C2H6IN3. The fourth-order valence-corrected chi connectivity index (χ4v) is 0. The first-order valence-electron chi connectivity index (χ1n) is 1.40. The third-order valence-corrected chi connectivity index (χ3v) is 1.04. The first-order chi connectivity index (χ1) is 2.64. The second-order valence-corrected chi connectivity index (χ2v) is 1.94. The molecule has 6 heavy (non-hydrogen) atoms. The van der Waals surface area contributed by atoms with Crippen molar-refractivity contribution in [1.29, 1.82) is 5.41 Å². The van der Waals surface area contributed by atoms with Crippen LogP contribution in [0.5, 0.6) is 0 Å². The van der Waals surface area contributed by atoms with Gasteiger partial charge < -0.3 is 0 Å². The average molecular weight is 199 g/mol. The first-order valence-corrected chi connectivity index (χ1v) is 2.37. The largest absolute Gasteiger partial charge is 0.287 e. The Morgan fingerprint density at radius 2 is 2.17 bits per heavy atom. The summed E-state index contributed by atoms with van der Waals surface area (Å²) in [5.74, 6) is 5.39. The summed E-state index contributed by atoms with van der Waals surface area (Å²) in [6.07, 6.45) is 0. The minimum absolute atomic E-state index is 0.357. The van der Waals surface area contributed by atoms with Crippen LogP contribution in [0.25, 0.3) is 0 Å². The van der Waals surface area contributed by atoms with Gasteiger partial charge >= 0.3 is 0 Å². The lowest BCUT2D eigenvalue weighted by Crippen LogP contribution is -2.23. The summed E-state index contributed by atoms with van der Waals surface area (Å²) in [6.45, 7) is 1.62. The van der Waals surface area contributed by atoms with Crippen molar-refractivity contribution in [2.75, 3.05) is 0 Å². The van der Waals surface area contributed by atoms with Gasteiger partial charge in [0.15, 0.2) is 0 Å². The van der Waals surface area contributed by atoms with Crippen molar-refractivity contribution in [1.82, 2.24) is 3.22 Å². The topological polar surface area (TPSA) is 53.1 Å². The monoisotopic (exact) mass is 199 g/mol. The molecule has 0 spiro atoms. The molecule has 0 unspecified atom stereocenters. The molecule has 0 atom stereocenters. The number of rotatable bonds is 0. The van der Waals surface area contributed by atoms with E-state index in [2.05, 4.69) is 0 Å². The molecule has 0 heterocycles. The van der Waals surface area contributed by atoms with Crippen molar-refractivity contribution in [3.63, 3.8) is 0 Å². The van der Waals surface area contributed by atoms with Crippen LogP contribution in [0.1, 0.15) is 6.92 Å². The molecule has 0 aromatic carbocycles. The van der Waals surface area contributed by atoms with E-state index in [9.17, 15) is 0 Å². The number of hydrogen-bond donors (Lipinski definition) is 2. The molecule has 0 aromatic heterocycles. The van der Waals surface area contributed by atoms with Crippen LogP contribution in [0.4, 0.5) is 0 Å². The molecule has 0 aromatic rings. The Morgan fingerprint density at radius 1 is 2.00 bits per heavy atom. The van der Waals surface area contributed by atoms with Gasteiger partial charge in [-0.05, 0) is 6.92 Å². The molecule has 0 aliphatic heterocycles. The number of nitrogens with two attached hydrogens (primary N) is 1. The van der Waals surface area contributed by atoms with Gasteiger partial charge in [-0.25, -0.2) is 9.06 Å². The lowest BCUT2D eigenvalue weighted by molar-refractivity contribution is 0.774. The smallest absolute Gasteiger partial charge is 0.117 e. The van der Waals surface area contributed by atoms with Gasteiger partial charge in [0.2, 0.25) is 0 Å². The van der Waals surface area contributed by atoms with E-state index in [-0.39, 0.29) is 0 Å². The zero-order valence-corrected chi connectivity index (χ0v) is 5.56. The fraction of sp³-hybridized carbons (Fsp3) is 0.500. The van der Waals surface area contributed by atoms with E-state index in [0.717, 1.165) is 0 Å². The van der Waals surface area contributed by atoms with Crippen LogP contribution in [0.15, 0.2) is 0 Å². The molecule has 3 nitrogen and oxygen atoms in total. The van der Waals surface area contributed by atoms with Gasteiger partial charge in [-0.15, -0.1) is 0 Å². The summed E-state index contributed by atoms with van der Waals surface area (Å²) in [7, 11) is 0. The summed E-state index contributed by atoms with van der Waals surface area (Å²) in [4.78, 5) is 0. The highest BCUT2D eigenvalue weighted by molar-refractivity contribution is 14.1. The standard InChI is InChI=1S/C2H6IN3/c1-2(4)6(3)5/h4H,5H2,1H3. The molecule has 0 saturated heterocycles. The van der Waals surface area contributed by atoms with E-state index in [4.69, 9.17) is 11.3 Å². The van der Waals surface area contributed by atoms with Crippen LogP contribution in [-0.4, -0.2) is 9.06 Å². The SMILES string of the molecule is CC(=N)N(N)I. The maximum absolute atomic E-state index is 6.74. The van der Waals surface area contributed by atoms with Crippen molar-refractivity contribution < 1.29 is 0 Å². The van der Waals surface area contributed by atoms with E-state index in [1.165, 1.54) is 3.22 Å². The number of hydrazine groups is 1. The molecular weight excluding hydrogens is 193 g/mol. The van der Waals surface area contributed by atoms with Crippen molar-refractivity contribution in [2.45, 2.75) is 6.92 Å². The minimum Gasteiger partial charge on any atom is -0.287 e. The number of nitrogens with one attached hydrogen (secondary N) is 1. The van der Waals surface area contributed by atoms with Crippen LogP contribution in [0.2, 0.25) is 0 Å². The molecule has 0 aliphatic carbocycles. The Morgan fingerprint density at radius 3 is 2.17 bits per heavy atom. The average Bonchev–Trinajstić information content (AvgIpc) is 1.36. The molecule has 0 rings (SSSR count). The van der Waals surface area contributed by atoms with Crippen molar-refractivity contribution in [3.8, 4) is 0 Å². The van der Waals surface area contributed by atoms with E-state index in [1.807, 2.05) is 22.9 Å². The van der Waals surface area contributed by atoms with Crippen LogP contribution < -0.4 is 5.84 Å². The predicted molar refractivity (Wildman–Crippen MR) is 33.4 cm³/mol. The number of halogens is 1. The Kier molecular flexibility index (Phi) is 2.42. The predicted octanol–water partition coefficient (Wildman–Crippen LogP) is 0.509. The summed E-state index contributed by atoms with van der Waals surface area (Å²) in [6, 6.07) is 0. The van der Waals surface area contributed by atoms with Gasteiger partial charge in [0.05, 0.1) is 22.9 Å². The van der Waals surface area contributed by atoms with Gasteiger partial charge in [0.1, 0.15) is 5.84 Å². The quantitative estimate of drug-likeness (QED) is 0.149. The van der Waals surface area contributed by atoms with Crippen LogP contribution in [-0.2, 0) is 0 Å². The van der Waals surface area contributed by atoms with Crippen molar-refractivity contribution in [3.05, 3.63) is 0 Å². The van der Waals surface area contributed by atoms with E-state index >= 15 is 0 Å². The zero-order chi connectivity index (χ0) is 5.15. The molecule has 36 valence electrons. The Hall–Kier alpha value is 0.160. The summed E-state index contributed by atoms with van der Waals surface area (Å²) < 4.78 is 1.22. The molecule has 0 bridgehead atoms. The molecule has 0 amide bonds. The third kappa shape index (κ3) is 2.40. The fourth-order valence-electron chi connectivity index (χ4n) is 0. The number of amidine groups is 1. The van der Waals surface area contributed by atoms with E-state index in [1.54, 1.807) is 6.92 Å². The molecule has 4 heteroatoms. The Balaban J connectivity index is 3.26. The number of hydrogen-bond acceptors (Lipinski definition) is 2. The molecule has 0 fully saturated rings. The highest BCUT2D eigenvalue weighted by Crippen LogP contribution is 1.86. The van der Waals surface area contributed by atoms with Gasteiger partial charge in [0.25, 0.3) is 0 Å². The highest BCUT2D eigenvalue weighted by atomic mass is 127. The van der Waals surface area contributed by atoms with Gasteiger partial charge in [-0.3, -0.25) is 5.41 Å². The normalized spacial score (nSPS) is 7.83. The second-order valence-electron chi connectivity index (χ2n) is 0.897. The minimum atomic E-state index is 0.357. The van der Waals surface area contributed by atoms with Crippen LogP contribution in [0, 0.1) is 5.41 Å². The van der Waals surface area contributed by atoms with Crippen LogP contribution >= 0.6 is 22.9 Å². The van der Waals surface area contributed by atoms with Crippen LogP contribution in [0.3, 0.4) is 0 Å². The molecule has 0 saturated carbocycles. The molecule has 0 radical (unpaired) electrons. The second kappa shape index (κ2) is 2.35. The Bertz CT molecular complexity index is 59.8. The van der Waals surface area contributed by atoms with E-state index < -0.39 is 0 Å². The van der Waals surface area contributed by atoms with Crippen molar-refractivity contribution >= 4 is 28.7 Å². The molecule has 0 aliphatic rings. The zero-order valence-electron chi connectivity index (χ0n) is 3.40. The lowest BCUT2D eigenvalue weighted by atomic mass is 10.7. The Labute approximate surface area is 50.5 Å². The lowest BCUT2D eigenvalue weighted by Gasteiger charge is -2.02. The highest BCUT2D eigenvalue weighted by Gasteiger charge is 1.85. The first kappa shape index (κ1) is 6.16. The van der Waals surface area contributed by atoms with Gasteiger partial charge in [-0.1, -0.05) is 0 Å².